The summed E-state index contributed by atoms with van der Waals surface area (Å²) in [5.41, 5.74) is 0. The molecule has 0 aromatic rings. The number of nitrogens with zero attached hydrogens (tertiary/aromatic N) is 1. The van der Waals surface area contributed by atoms with Gasteiger partial charge in [0.2, 0.25) is 0 Å². The molecule has 90 valence electrons. The highest BCUT2D eigenvalue weighted by Crippen LogP contribution is 2.16. The number of hydrogen-bond acceptors (Lipinski definition) is 2. The van der Waals surface area contributed by atoms with E-state index in [2.05, 4.69) is 37.9 Å². The molecule has 2 heteroatoms. The summed E-state index contributed by atoms with van der Waals surface area (Å²) in [7, 11) is 0. The van der Waals surface area contributed by atoms with Gasteiger partial charge in [-0.15, -0.1) is 0 Å². The first-order valence-electron chi connectivity index (χ1n) is 6.61. The van der Waals surface area contributed by atoms with Crippen LogP contribution in [0.3, 0.4) is 0 Å². The van der Waals surface area contributed by atoms with Crippen LogP contribution in [0.4, 0.5) is 0 Å². The van der Waals surface area contributed by atoms with Crippen LogP contribution in [0.15, 0.2) is 0 Å². The Morgan fingerprint density at radius 2 is 2.07 bits per heavy atom. The minimum Gasteiger partial charge on any atom is -0.313 e. The van der Waals surface area contributed by atoms with Gasteiger partial charge in [0.05, 0.1) is 0 Å². The maximum atomic E-state index is 3.68. The fourth-order valence-corrected chi connectivity index (χ4v) is 2.67. The Labute approximate surface area is 95.4 Å². The largest absolute Gasteiger partial charge is 0.313 e. The average Bonchev–Trinajstić information content (AvgIpc) is 2.60. The van der Waals surface area contributed by atoms with E-state index in [1.54, 1.807) is 0 Å². The lowest BCUT2D eigenvalue weighted by molar-refractivity contribution is 0.251. The predicted octanol–water partition coefficient (Wildman–Crippen LogP) is 2.49. The molecule has 0 aliphatic carbocycles. The van der Waals surface area contributed by atoms with Crippen LogP contribution < -0.4 is 5.32 Å². The molecule has 0 aromatic heterocycles. The second-order valence-electron chi connectivity index (χ2n) is 5.36. The lowest BCUT2D eigenvalue weighted by Gasteiger charge is -2.25. The van der Waals surface area contributed by atoms with Gasteiger partial charge in [-0.2, -0.15) is 0 Å². The first-order valence-corrected chi connectivity index (χ1v) is 6.61. The molecule has 15 heavy (non-hydrogen) atoms. The quantitative estimate of drug-likeness (QED) is 0.728. The van der Waals surface area contributed by atoms with Crippen LogP contribution in [0.2, 0.25) is 0 Å². The predicted molar refractivity (Wildman–Crippen MR) is 67.2 cm³/mol. The van der Waals surface area contributed by atoms with Gasteiger partial charge in [-0.05, 0) is 45.2 Å². The molecular weight excluding hydrogens is 184 g/mol. The highest BCUT2D eigenvalue weighted by molar-refractivity contribution is 4.81. The van der Waals surface area contributed by atoms with Gasteiger partial charge in [0.25, 0.3) is 0 Å². The van der Waals surface area contributed by atoms with Crippen molar-refractivity contribution < 1.29 is 0 Å². The molecule has 0 aromatic carbocycles. The van der Waals surface area contributed by atoms with Crippen LogP contribution in [-0.2, 0) is 0 Å². The number of hydrogen-bond donors (Lipinski definition) is 1. The monoisotopic (exact) mass is 212 g/mol. The van der Waals surface area contributed by atoms with Crippen molar-refractivity contribution in [1.82, 2.24) is 10.2 Å². The summed E-state index contributed by atoms with van der Waals surface area (Å²) in [5.74, 6) is 0.804. The lowest BCUT2D eigenvalue weighted by atomic mass is 10.0. The normalized spacial score (nSPS) is 25.0. The topological polar surface area (TPSA) is 15.3 Å². The molecule has 0 bridgehead atoms. The molecule has 2 atom stereocenters. The van der Waals surface area contributed by atoms with Crippen molar-refractivity contribution in [3.8, 4) is 0 Å². The van der Waals surface area contributed by atoms with Crippen molar-refractivity contribution >= 4 is 0 Å². The Balaban J connectivity index is 2.18. The smallest absolute Gasteiger partial charge is 0.0221 e. The first-order chi connectivity index (χ1) is 7.13. The second-order valence-corrected chi connectivity index (χ2v) is 5.36. The minimum atomic E-state index is 0.671. The standard InChI is InChI=1S/C13H28N2/c1-5-15-8-6-7-13(15)10-14-12(4)9-11(2)3/h11-14H,5-10H2,1-4H3/t12-,13+/m0/s1. The molecule has 0 saturated carbocycles. The van der Waals surface area contributed by atoms with Gasteiger partial charge in [0, 0.05) is 18.6 Å². The summed E-state index contributed by atoms with van der Waals surface area (Å²) in [5, 5.41) is 3.68. The van der Waals surface area contributed by atoms with Crippen molar-refractivity contribution in [3.05, 3.63) is 0 Å². The van der Waals surface area contributed by atoms with Gasteiger partial charge in [-0.1, -0.05) is 20.8 Å². The molecule has 1 aliphatic rings. The maximum Gasteiger partial charge on any atom is 0.0221 e. The summed E-state index contributed by atoms with van der Waals surface area (Å²) < 4.78 is 0. The highest BCUT2D eigenvalue weighted by atomic mass is 15.2. The summed E-state index contributed by atoms with van der Waals surface area (Å²) in [4.78, 5) is 2.61. The molecular formula is C13H28N2. The van der Waals surface area contributed by atoms with Crippen molar-refractivity contribution in [3.63, 3.8) is 0 Å². The molecule has 2 nitrogen and oxygen atoms in total. The van der Waals surface area contributed by atoms with E-state index in [1.165, 1.54) is 38.9 Å². The lowest BCUT2D eigenvalue weighted by Crippen LogP contribution is -2.41. The third-order valence-electron chi connectivity index (χ3n) is 3.43. The van der Waals surface area contributed by atoms with Gasteiger partial charge < -0.3 is 5.32 Å². The van der Waals surface area contributed by atoms with Gasteiger partial charge in [0.15, 0.2) is 0 Å². The SMILES string of the molecule is CCN1CCC[C@@H]1CN[C@@H](C)CC(C)C. The Morgan fingerprint density at radius 3 is 2.67 bits per heavy atom. The summed E-state index contributed by atoms with van der Waals surface area (Å²) in [6, 6.07) is 1.47. The zero-order valence-electron chi connectivity index (χ0n) is 10.9. The third kappa shape index (κ3) is 4.52. The van der Waals surface area contributed by atoms with E-state index < -0.39 is 0 Å². The van der Waals surface area contributed by atoms with Crippen LogP contribution in [0.5, 0.6) is 0 Å². The molecule has 1 N–H and O–H groups in total. The van der Waals surface area contributed by atoms with E-state index in [4.69, 9.17) is 0 Å². The van der Waals surface area contributed by atoms with Crippen molar-refractivity contribution in [2.45, 2.75) is 59.0 Å². The van der Waals surface area contributed by atoms with E-state index in [1.807, 2.05) is 0 Å². The maximum absolute atomic E-state index is 3.68. The second kappa shape index (κ2) is 6.49. The fourth-order valence-electron chi connectivity index (χ4n) is 2.67. The molecule has 1 fully saturated rings. The number of nitrogens with one attached hydrogen (secondary N) is 1. The van der Waals surface area contributed by atoms with Crippen molar-refractivity contribution in [1.29, 1.82) is 0 Å². The van der Waals surface area contributed by atoms with Crippen LogP contribution in [0, 0.1) is 5.92 Å². The minimum absolute atomic E-state index is 0.671. The van der Waals surface area contributed by atoms with Crippen molar-refractivity contribution in [2.75, 3.05) is 19.6 Å². The van der Waals surface area contributed by atoms with Gasteiger partial charge >= 0.3 is 0 Å². The Kier molecular flexibility index (Phi) is 5.62. The Morgan fingerprint density at radius 1 is 1.33 bits per heavy atom. The van der Waals surface area contributed by atoms with Crippen LogP contribution in [-0.4, -0.2) is 36.6 Å². The molecule has 0 radical (unpaired) electrons. The molecule has 0 spiro atoms. The van der Waals surface area contributed by atoms with Crippen LogP contribution >= 0.6 is 0 Å². The zero-order chi connectivity index (χ0) is 11.3. The summed E-state index contributed by atoms with van der Waals surface area (Å²) in [6.07, 6.45) is 4.06. The van der Waals surface area contributed by atoms with E-state index in [0.29, 0.717) is 6.04 Å². The van der Waals surface area contributed by atoms with Crippen molar-refractivity contribution in [2.24, 2.45) is 5.92 Å². The molecule has 1 rings (SSSR count). The number of rotatable bonds is 6. The molecule has 0 amide bonds. The Bertz CT molecular complexity index is 168. The average molecular weight is 212 g/mol. The van der Waals surface area contributed by atoms with Gasteiger partial charge in [-0.3, -0.25) is 4.90 Å². The van der Waals surface area contributed by atoms with Crippen LogP contribution in [0.1, 0.15) is 47.0 Å². The fraction of sp³-hybridized carbons (Fsp3) is 1.00. The van der Waals surface area contributed by atoms with E-state index in [9.17, 15) is 0 Å². The molecule has 1 heterocycles. The van der Waals surface area contributed by atoms with Crippen LogP contribution in [0.25, 0.3) is 0 Å². The highest BCUT2D eigenvalue weighted by Gasteiger charge is 2.22. The van der Waals surface area contributed by atoms with Gasteiger partial charge in [0.1, 0.15) is 0 Å². The van der Waals surface area contributed by atoms with E-state index in [-0.39, 0.29) is 0 Å². The molecule has 0 unspecified atom stereocenters. The van der Waals surface area contributed by atoms with E-state index in [0.717, 1.165) is 12.0 Å². The van der Waals surface area contributed by atoms with Gasteiger partial charge in [-0.25, -0.2) is 0 Å². The molecule has 1 aliphatic heterocycles. The van der Waals surface area contributed by atoms with E-state index >= 15 is 0 Å². The molecule has 1 saturated heterocycles. The first kappa shape index (κ1) is 13.0. The number of likely N-dealkylation sites (N-methyl/N-ethyl adjacent to an activating group) is 1. The third-order valence-corrected chi connectivity index (χ3v) is 3.43. The number of likely N-dealkylation sites (tertiary alicyclic amines) is 1. The Hall–Kier alpha value is -0.0800. The summed E-state index contributed by atoms with van der Waals surface area (Å²) in [6.45, 7) is 12.9. The zero-order valence-corrected chi connectivity index (χ0v) is 10.9. The summed E-state index contributed by atoms with van der Waals surface area (Å²) >= 11 is 0.